The maximum Gasteiger partial charge on any atom is 0.118 e. The molecule has 0 aliphatic heterocycles. The molecule has 4 rings (SSSR count). The van der Waals surface area contributed by atoms with Crippen LogP contribution in [0.1, 0.15) is 31.2 Å². The van der Waals surface area contributed by atoms with Crippen molar-refractivity contribution in [1.29, 1.82) is 0 Å². The molecule has 1 heterocycles. The Morgan fingerprint density at radius 1 is 1.07 bits per heavy atom. The van der Waals surface area contributed by atoms with E-state index in [1.54, 1.807) is 18.9 Å². The third-order valence-corrected chi connectivity index (χ3v) is 6.13. The van der Waals surface area contributed by atoms with Crippen molar-refractivity contribution in [3.05, 3.63) is 54.1 Å². The Balaban J connectivity index is 1.74. The van der Waals surface area contributed by atoms with E-state index in [1.165, 1.54) is 41.5 Å². The summed E-state index contributed by atoms with van der Waals surface area (Å²) in [5.74, 6) is 0.870. The van der Waals surface area contributed by atoms with E-state index in [-0.39, 0.29) is 0 Å². The van der Waals surface area contributed by atoms with E-state index in [9.17, 15) is 0 Å². The minimum atomic E-state index is 0.642. The van der Waals surface area contributed by atoms with Gasteiger partial charge in [-0.3, -0.25) is 0 Å². The van der Waals surface area contributed by atoms with Crippen molar-refractivity contribution in [2.45, 2.75) is 43.2 Å². The fourth-order valence-corrected chi connectivity index (χ4v) is 4.27. The van der Waals surface area contributed by atoms with E-state index in [1.807, 2.05) is 12.1 Å². The third-order valence-electron chi connectivity index (χ3n) is 5.40. The highest BCUT2D eigenvalue weighted by Crippen LogP contribution is 2.29. The lowest BCUT2D eigenvalue weighted by Gasteiger charge is -2.16. The SMILES string of the molecule is COc1ccc(-c2nc3cc(SC)ccc3cc2CNC2CCCC2)cc1. The number of aromatic nitrogens is 1. The van der Waals surface area contributed by atoms with Crippen LogP contribution in [0.5, 0.6) is 5.75 Å². The maximum atomic E-state index is 5.32. The summed E-state index contributed by atoms with van der Waals surface area (Å²) in [6, 6.07) is 17.7. The molecular formula is C23H26N2OS. The van der Waals surface area contributed by atoms with Crippen LogP contribution in [0.4, 0.5) is 0 Å². The smallest absolute Gasteiger partial charge is 0.118 e. The number of benzene rings is 2. The maximum absolute atomic E-state index is 5.32. The van der Waals surface area contributed by atoms with E-state index in [2.05, 4.69) is 48.0 Å². The summed E-state index contributed by atoms with van der Waals surface area (Å²) in [6.07, 6.45) is 7.37. The predicted octanol–water partition coefficient (Wildman–Crippen LogP) is 5.66. The second-order valence-electron chi connectivity index (χ2n) is 7.15. The minimum absolute atomic E-state index is 0.642. The van der Waals surface area contributed by atoms with Crippen LogP contribution in [0, 0.1) is 0 Å². The molecule has 0 spiro atoms. The van der Waals surface area contributed by atoms with E-state index >= 15 is 0 Å². The monoisotopic (exact) mass is 378 g/mol. The van der Waals surface area contributed by atoms with Gasteiger partial charge in [0.15, 0.2) is 0 Å². The molecule has 2 aromatic carbocycles. The molecule has 1 aliphatic carbocycles. The number of ether oxygens (including phenoxy) is 1. The lowest BCUT2D eigenvalue weighted by atomic mass is 10.0. The number of rotatable bonds is 6. The minimum Gasteiger partial charge on any atom is -0.497 e. The second-order valence-corrected chi connectivity index (χ2v) is 8.03. The molecule has 1 aliphatic rings. The van der Waals surface area contributed by atoms with Gasteiger partial charge in [-0.05, 0) is 67.1 Å². The van der Waals surface area contributed by atoms with Gasteiger partial charge in [0.25, 0.3) is 0 Å². The van der Waals surface area contributed by atoms with Crippen molar-refractivity contribution in [2.75, 3.05) is 13.4 Å². The Labute approximate surface area is 165 Å². The quantitative estimate of drug-likeness (QED) is 0.561. The van der Waals surface area contributed by atoms with Gasteiger partial charge in [-0.15, -0.1) is 11.8 Å². The number of nitrogens with one attached hydrogen (secondary N) is 1. The zero-order chi connectivity index (χ0) is 18.6. The van der Waals surface area contributed by atoms with Crippen molar-refractivity contribution in [1.82, 2.24) is 10.3 Å². The number of pyridine rings is 1. The summed E-state index contributed by atoms with van der Waals surface area (Å²) in [6.45, 7) is 0.860. The van der Waals surface area contributed by atoms with Crippen molar-refractivity contribution >= 4 is 22.7 Å². The Hall–Kier alpha value is -2.04. The molecule has 1 fully saturated rings. The van der Waals surface area contributed by atoms with Gasteiger partial charge >= 0.3 is 0 Å². The van der Waals surface area contributed by atoms with E-state index in [0.29, 0.717) is 6.04 Å². The highest BCUT2D eigenvalue weighted by atomic mass is 32.2. The summed E-state index contributed by atoms with van der Waals surface area (Å²) in [5.41, 5.74) is 4.51. The number of nitrogens with zero attached hydrogens (tertiary/aromatic N) is 1. The molecule has 0 bridgehead atoms. The van der Waals surface area contributed by atoms with Crippen molar-refractivity contribution in [3.8, 4) is 17.0 Å². The van der Waals surface area contributed by atoms with E-state index in [0.717, 1.165) is 29.1 Å². The third kappa shape index (κ3) is 4.12. The van der Waals surface area contributed by atoms with Crippen LogP contribution in [0.15, 0.2) is 53.4 Å². The number of fused-ring (bicyclic) bond motifs is 1. The van der Waals surface area contributed by atoms with Crippen LogP contribution in [-0.4, -0.2) is 24.4 Å². The first-order chi connectivity index (χ1) is 13.3. The van der Waals surface area contributed by atoms with Crippen LogP contribution < -0.4 is 10.1 Å². The van der Waals surface area contributed by atoms with Gasteiger partial charge in [-0.25, -0.2) is 4.98 Å². The summed E-state index contributed by atoms with van der Waals surface area (Å²) >= 11 is 1.75. The highest BCUT2D eigenvalue weighted by Gasteiger charge is 2.16. The summed E-state index contributed by atoms with van der Waals surface area (Å²) in [5, 5.41) is 4.95. The van der Waals surface area contributed by atoms with Crippen LogP contribution >= 0.6 is 11.8 Å². The summed E-state index contributed by atoms with van der Waals surface area (Å²) in [4.78, 5) is 6.30. The molecule has 0 unspecified atom stereocenters. The fourth-order valence-electron chi connectivity index (χ4n) is 3.84. The van der Waals surface area contributed by atoms with Crippen LogP contribution in [0.25, 0.3) is 22.2 Å². The van der Waals surface area contributed by atoms with Crippen LogP contribution in [0.2, 0.25) is 0 Å². The van der Waals surface area contributed by atoms with Gasteiger partial charge in [-0.1, -0.05) is 18.9 Å². The first-order valence-electron chi connectivity index (χ1n) is 9.62. The molecule has 1 saturated carbocycles. The first kappa shape index (κ1) is 18.3. The highest BCUT2D eigenvalue weighted by molar-refractivity contribution is 7.98. The Kier molecular flexibility index (Phi) is 5.65. The lowest BCUT2D eigenvalue weighted by molar-refractivity contribution is 0.415. The molecule has 1 aromatic heterocycles. The number of hydrogen-bond acceptors (Lipinski definition) is 4. The van der Waals surface area contributed by atoms with E-state index < -0.39 is 0 Å². The molecule has 27 heavy (non-hydrogen) atoms. The average Bonchev–Trinajstić information content (AvgIpc) is 3.25. The van der Waals surface area contributed by atoms with Gasteiger partial charge in [0.05, 0.1) is 18.3 Å². The molecule has 4 heteroatoms. The van der Waals surface area contributed by atoms with Crippen molar-refractivity contribution in [2.24, 2.45) is 0 Å². The molecule has 0 atom stereocenters. The predicted molar refractivity (Wildman–Crippen MR) is 115 cm³/mol. The van der Waals surface area contributed by atoms with Gasteiger partial charge in [0, 0.05) is 28.4 Å². The van der Waals surface area contributed by atoms with Gasteiger partial charge in [-0.2, -0.15) is 0 Å². The Morgan fingerprint density at radius 3 is 2.56 bits per heavy atom. The molecule has 0 radical (unpaired) electrons. The molecule has 1 N–H and O–H groups in total. The topological polar surface area (TPSA) is 34.1 Å². The number of methoxy groups -OCH3 is 1. The molecule has 3 aromatic rings. The van der Waals surface area contributed by atoms with Crippen molar-refractivity contribution < 1.29 is 4.74 Å². The molecular weight excluding hydrogens is 352 g/mol. The molecule has 140 valence electrons. The number of thioether (sulfide) groups is 1. The zero-order valence-electron chi connectivity index (χ0n) is 16.0. The second kappa shape index (κ2) is 8.32. The first-order valence-corrected chi connectivity index (χ1v) is 10.8. The zero-order valence-corrected chi connectivity index (χ0v) is 16.8. The Morgan fingerprint density at radius 2 is 1.85 bits per heavy atom. The van der Waals surface area contributed by atoms with Gasteiger partial charge in [0.1, 0.15) is 5.75 Å². The standard InChI is InChI=1S/C23H26N2OS/c1-26-20-10-7-16(8-11-20)23-18(15-24-19-5-3-4-6-19)13-17-9-12-21(27-2)14-22(17)25-23/h7-14,19,24H,3-6,15H2,1-2H3. The normalized spacial score (nSPS) is 14.7. The van der Waals surface area contributed by atoms with Gasteiger partial charge in [0.2, 0.25) is 0 Å². The summed E-state index contributed by atoms with van der Waals surface area (Å²) in [7, 11) is 1.70. The summed E-state index contributed by atoms with van der Waals surface area (Å²) < 4.78 is 5.32. The van der Waals surface area contributed by atoms with Crippen LogP contribution in [0.3, 0.4) is 0 Å². The van der Waals surface area contributed by atoms with Crippen molar-refractivity contribution in [3.63, 3.8) is 0 Å². The molecule has 0 amide bonds. The number of hydrogen-bond donors (Lipinski definition) is 1. The molecule has 3 nitrogen and oxygen atoms in total. The lowest BCUT2D eigenvalue weighted by Crippen LogP contribution is -2.25. The Bertz CT molecular complexity index is 918. The van der Waals surface area contributed by atoms with Gasteiger partial charge < -0.3 is 10.1 Å². The average molecular weight is 379 g/mol. The van der Waals surface area contributed by atoms with E-state index in [4.69, 9.17) is 9.72 Å². The fraction of sp³-hybridized carbons (Fsp3) is 0.348. The largest absolute Gasteiger partial charge is 0.497 e. The van der Waals surface area contributed by atoms with Crippen LogP contribution in [-0.2, 0) is 6.54 Å². The molecule has 0 saturated heterocycles.